The molecule has 1 amide bonds. The Kier molecular flexibility index (Phi) is 4.35. The molecular formula is C16H18N2O2. The summed E-state index contributed by atoms with van der Waals surface area (Å²) in [7, 11) is 0. The number of hydrogen-bond donors (Lipinski definition) is 1. The fraction of sp³-hybridized carbons (Fsp3) is 0.250. The topological polar surface area (TPSA) is 51.2 Å². The van der Waals surface area contributed by atoms with Gasteiger partial charge in [0.05, 0.1) is 0 Å². The summed E-state index contributed by atoms with van der Waals surface area (Å²) in [5.41, 5.74) is 2.97. The molecule has 2 rings (SSSR count). The van der Waals surface area contributed by atoms with Gasteiger partial charge in [-0.1, -0.05) is 18.2 Å². The first-order chi connectivity index (χ1) is 9.54. The first-order valence-electron chi connectivity index (χ1n) is 6.48. The van der Waals surface area contributed by atoms with E-state index in [1.807, 2.05) is 51.1 Å². The molecule has 0 spiro atoms. The van der Waals surface area contributed by atoms with Crippen LogP contribution in [0.25, 0.3) is 0 Å². The summed E-state index contributed by atoms with van der Waals surface area (Å²) < 4.78 is 5.54. The van der Waals surface area contributed by atoms with E-state index >= 15 is 0 Å². The van der Waals surface area contributed by atoms with Crippen LogP contribution >= 0.6 is 0 Å². The first kappa shape index (κ1) is 14.1. The maximum absolute atomic E-state index is 11.8. The molecule has 0 fully saturated rings. The molecule has 0 saturated carbocycles. The Hall–Kier alpha value is -2.36. The molecule has 1 N–H and O–H groups in total. The zero-order valence-corrected chi connectivity index (χ0v) is 11.9. The van der Waals surface area contributed by atoms with Gasteiger partial charge in [-0.15, -0.1) is 0 Å². The normalized spacial score (nSPS) is 10.2. The second kappa shape index (κ2) is 6.19. The second-order valence-corrected chi connectivity index (χ2v) is 4.77. The Morgan fingerprint density at radius 2 is 2.00 bits per heavy atom. The Labute approximate surface area is 118 Å². The molecule has 0 bridgehead atoms. The Morgan fingerprint density at radius 1 is 1.20 bits per heavy atom. The van der Waals surface area contributed by atoms with Crippen LogP contribution < -0.4 is 10.1 Å². The van der Waals surface area contributed by atoms with Crippen molar-refractivity contribution in [2.75, 3.05) is 11.9 Å². The lowest BCUT2D eigenvalue weighted by Crippen LogP contribution is -2.21. The Morgan fingerprint density at radius 3 is 2.75 bits per heavy atom. The third kappa shape index (κ3) is 3.82. The van der Waals surface area contributed by atoms with Crippen molar-refractivity contribution >= 4 is 11.7 Å². The predicted molar refractivity (Wildman–Crippen MR) is 79.0 cm³/mol. The molecule has 0 aliphatic carbocycles. The number of ether oxygens (including phenoxy) is 1. The van der Waals surface area contributed by atoms with E-state index < -0.39 is 0 Å². The number of nitrogens with one attached hydrogen (secondary N) is 1. The van der Waals surface area contributed by atoms with Crippen LogP contribution in [-0.2, 0) is 4.79 Å². The highest BCUT2D eigenvalue weighted by Gasteiger charge is 2.06. The van der Waals surface area contributed by atoms with Gasteiger partial charge in [-0.3, -0.25) is 4.79 Å². The van der Waals surface area contributed by atoms with Crippen molar-refractivity contribution in [3.8, 4) is 5.75 Å². The average molecular weight is 270 g/mol. The summed E-state index contributed by atoms with van der Waals surface area (Å²) in [6, 6.07) is 11.4. The van der Waals surface area contributed by atoms with Crippen LogP contribution in [0.4, 0.5) is 5.82 Å². The molecule has 0 aliphatic heterocycles. The van der Waals surface area contributed by atoms with E-state index in [4.69, 9.17) is 4.74 Å². The number of benzene rings is 1. The molecule has 0 unspecified atom stereocenters. The van der Waals surface area contributed by atoms with Crippen molar-refractivity contribution in [2.45, 2.75) is 20.8 Å². The number of aryl methyl sites for hydroxylation is 3. The molecular weight excluding hydrogens is 252 g/mol. The molecule has 2 aromatic rings. The second-order valence-electron chi connectivity index (χ2n) is 4.77. The van der Waals surface area contributed by atoms with Crippen LogP contribution in [0.15, 0.2) is 36.4 Å². The van der Waals surface area contributed by atoms with Crippen LogP contribution in [0, 0.1) is 20.8 Å². The monoisotopic (exact) mass is 270 g/mol. The largest absolute Gasteiger partial charge is 0.483 e. The third-order valence-corrected chi connectivity index (χ3v) is 2.86. The van der Waals surface area contributed by atoms with E-state index in [0.717, 1.165) is 22.6 Å². The van der Waals surface area contributed by atoms with E-state index in [1.165, 1.54) is 0 Å². The minimum absolute atomic E-state index is 0.0279. The van der Waals surface area contributed by atoms with Crippen LogP contribution in [-0.4, -0.2) is 17.5 Å². The molecule has 0 radical (unpaired) electrons. The van der Waals surface area contributed by atoms with Gasteiger partial charge in [-0.2, -0.15) is 0 Å². The molecule has 1 aromatic carbocycles. The lowest BCUT2D eigenvalue weighted by atomic mass is 10.1. The van der Waals surface area contributed by atoms with Crippen molar-refractivity contribution in [3.05, 3.63) is 53.2 Å². The highest BCUT2D eigenvalue weighted by atomic mass is 16.5. The molecule has 4 nitrogen and oxygen atoms in total. The quantitative estimate of drug-likeness (QED) is 0.929. The number of nitrogens with zero attached hydrogens (tertiary/aromatic N) is 1. The summed E-state index contributed by atoms with van der Waals surface area (Å²) in [5, 5.41) is 2.71. The van der Waals surface area contributed by atoms with Crippen LogP contribution in [0.2, 0.25) is 0 Å². The van der Waals surface area contributed by atoms with Gasteiger partial charge in [-0.25, -0.2) is 4.98 Å². The average Bonchev–Trinajstić information content (AvgIpc) is 2.40. The van der Waals surface area contributed by atoms with E-state index in [2.05, 4.69) is 10.3 Å². The summed E-state index contributed by atoms with van der Waals surface area (Å²) in [5.74, 6) is 1.06. The number of carbonyl (C=O) groups is 1. The van der Waals surface area contributed by atoms with Gasteiger partial charge in [0.25, 0.3) is 5.91 Å². The molecule has 0 aliphatic rings. The van der Waals surface area contributed by atoms with E-state index in [1.54, 1.807) is 6.07 Å². The Balaban J connectivity index is 1.94. The number of rotatable bonds is 4. The van der Waals surface area contributed by atoms with Gasteiger partial charge in [0, 0.05) is 5.69 Å². The van der Waals surface area contributed by atoms with Crippen LogP contribution in [0.5, 0.6) is 5.75 Å². The number of hydrogen-bond acceptors (Lipinski definition) is 3. The lowest BCUT2D eigenvalue weighted by molar-refractivity contribution is -0.118. The predicted octanol–water partition coefficient (Wildman–Crippen LogP) is 3.02. The summed E-state index contributed by atoms with van der Waals surface area (Å²) in [6.45, 7) is 5.79. The third-order valence-electron chi connectivity index (χ3n) is 2.86. The lowest BCUT2D eigenvalue weighted by Gasteiger charge is -2.10. The van der Waals surface area contributed by atoms with Gasteiger partial charge in [0.2, 0.25) is 0 Å². The van der Waals surface area contributed by atoms with Gasteiger partial charge < -0.3 is 10.1 Å². The van der Waals surface area contributed by atoms with E-state index in [-0.39, 0.29) is 12.5 Å². The fourth-order valence-corrected chi connectivity index (χ4v) is 1.80. The molecule has 4 heteroatoms. The zero-order valence-electron chi connectivity index (χ0n) is 11.9. The van der Waals surface area contributed by atoms with Gasteiger partial charge in [0.1, 0.15) is 11.6 Å². The number of aromatic nitrogens is 1. The highest BCUT2D eigenvalue weighted by Crippen LogP contribution is 2.18. The van der Waals surface area contributed by atoms with Gasteiger partial charge >= 0.3 is 0 Å². The highest BCUT2D eigenvalue weighted by molar-refractivity contribution is 5.90. The minimum atomic E-state index is -0.219. The van der Waals surface area contributed by atoms with Gasteiger partial charge in [0.15, 0.2) is 6.61 Å². The van der Waals surface area contributed by atoms with Crippen molar-refractivity contribution in [1.29, 1.82) is 0 Å². The SMILES string of the molecule is Cc1ccc(C)c(OCC(=O)Nc2cccc(C)n2)c1. The molecule has 1 aromatic heterocycles. The summed E-state index contributed by atoms with van der Waals surface area (Å²) in [4.78, 5) is 16.0. The van der Waals surface area contributed by atoms with Crippen LogP contribution in [0.3, 0.4) is 0 Å². The standard InChI is InChI=1S/C16H18N2O2/c1-11-7-8-12(2)14(9-11)20-10-16(19)18-15-6-4-5-13(3)17-15/h4-9H,10H2,1-3H3,(H,17,18,19). The van der Waals surface area contributed by atoms with E-state index in [0.29, 0.717) is 5.82 Å². The summed E-state index contributed by atoms with van der Waals surface area (Å²) >= 11 is 0. The van der Waals surface area contributed by atoms with Crippen molar-refractivity contribution in [1.82, 2.24) is 4.98 Å². The van der Waals surface area contributed by atoms with Crippen molar-refractivity contribution in [2.24, 2.45) is 0 Å². The number of anilines is 1. The molecule has 0 atom stereocenters. The number of amides is 1. The van der Waals surface area contributed by atoms with Crippen molar-refractivity contribution < 1.29 is 9.53 Å². The zero-order chi connectivity index (χ0) is 14.5. The molecule has 104 valence electrons. The molecule has 1 heterocycles. The fourth-order valence-electron chi connectivity index (χ4n) is 1.80. The number of carbonyl (C=O) groups excluding carboxylic acids is 1. The number of pyridine rings is 1. The van der Waals surface area contributed by atoms with Crippen LogP contribution in [0.1, 0.15) is 16.8 Å². The van der Waals surface area contributed by atoms with Crippen molar-refractivity contribution in [3.63, 3.8) is 0 Å². The molecule has 20 heavy (non-hydrogen) atoms. The Bertz CT molecular complexity index is 624. The minimum Gasteiger partial charge on any atom is -0.483 e. The first-order valence-corrected chi connectivity index (χ1v) is 6.48. The smallest absolute Gasteiger partial charge is 0.263 e. The summed E-state index contributed by atoms with van der Waals surface area (Å²) in [6.07, 6.45) is 0. The molecule has 0 saturated heterocycles. The maximum atomic E-state index is 11.8. The van der Waals surface area contributed by atoms with E-state index in [9.17, 15) is 4.79 Å². The van der Waals surface area contributed by atoms with Gasteiger partial charge in [-0.05, 0) is 50.1 Å². The maximum Gasteiger partial charge on any atom is 0.263 e.